The number of aromatic nitrogens is 1. The van der Waals surface area contributed by atoms with Crippen LogP contribution in [0.2, 0.25) is 0 Å². The molecule has 0 aliphatic carbocycles. The van der Waals surface area contributed by atoms with Crippen molar-refractivity contribution in [3.05, 3.63) is 51.8 Å². The lowest BCUT2D eigenvalue weighted by molar-refractivity contribution is -0.119. The van der Waals surface area contributed by atoms with Crippen LogP contribution in [-0.2, 0) is 14.3 Å². The smallest absolute Gasteiger partial charge is 0.355 e. The number of H-pyrrole nitrogens is 1. The van der Waals surface area contributed by atoms with Crippen molar-refractivity contribution >= 4 is 23.5 Å². The number of hydrogen-bond donors (Lipinski definition) is 2. The lowest BCUT2D eigenvalue weighted by Crippen LogP contribution is -2.21. The van der Waals surface area contributed by atoms with Crippen molar-refractivity contribution in [2.24, 2.45) is 0 Å². The van der Waals surface area contributed by atoms with E-state index in [4.69, 9.17) is 9.47 Å². The van der Waals surface area contributed by atoms with Gasteiger partial charge in [0.1, 0.15) is 5.69 Å². The molecule has 7 nitrogen and oxygen atoms in total. The van der Waals surface area contributed by atoms with Crippen LogP contribution in [0, 0.1) is 27.7 Å². The molecule has 0 spiro atoms. The Kier molecular flexibility index (Phi) is 6.62. The number of esters is 2. The number of ether oxygens (including phenoxy) is 2. The summed E-state index contributed by atoms with van der Waals surface area (Å²) in [6.07, 6.45) is -0.272. The molecular weight excluding hydrogens is 360 g/mol. The average Bonchev–Trinajstić information content (AvgIpc) is 2.90. The van der Waals surface area contributed by atoms with Gasteiger partial charge in [0.15, 0.2) is 6.61 Å². The average molecular weight is 386 g/mol. The van der Waals surface area contributed by atoms with E-state index in [0.717, 1.165) is 11.1 Å². The predicted octanol–water partition coefficient (Wildman–Crippen LogP) is 3.61. The van der Waals surface area contributed by atoms with Gasteiger partial charge in [-0.3, -0.25) is 4.79 Å². The summed E-state index contributed by atoms with van der Waals surface area (Å²) in [5.41, 5.74) is 4.18. The largest absolute Gasteiger partial charge is 0.459 e. The van der Waals surface area contributed by atoms with Crippen LogP contribution in [-0.4, -0.2) is 35.5 Å². The molecule has 150 valence electrons. The molecule has 0 unspecified atom stereocenters. The molecule has 28 heavy (non-hydrogen) atoms. The van der Waals surface area contributed by atoms with Gasteiger partial charge in [-0.2, -0.15) is 0 Å². The summed E-state index contributed by atoms with van der Waals surface area (Å²) < 4.78 is 10.3. The van der Waals surface area contributed by atoms with E-state index < -0.39 is 24.5 Å². The summed E-state index contributed by atoms with van der Waals surface area (Å²) in [5.74, 6) is -1.66. The number of aryl methyl sites for hydroxylation is 3. The molecule has 0 aliphatic rings. The summed E-state index contributed by atoms with van der Waals surface area (Å²) in [6, 6.07) is 5.53. The minimum atomic E-state index is -0.709. The second kappa shape index (κ2) is 8.73. The molecule has 2 aromatic rings. The number of nitrogens with one attached hydrogen (secondary N) is 2. The van der Waals surface area contributed by atoms with Crippen molar-refractivity contribution in [1.29, 1.82) is 0 Å². The number of aromatic amines is 1. The first-order valence-corrected chi connectivity index (χ1v) is 9.04. The van der Waals surface area contributed by atoms with Crippen LogP contribution >= 0.6 is 0 Å². The maximum Gasteiger partial charge on any atom is 0.355 e. The van der Waals surface area contributed by atoms with E-state index in [2.05, 4.69) is 10.3 Å². The number of anilines is 1. The van der Waals surface area contributed by atoms with Gasteiger partial charge >= 0.3 is 11.9 Å². The molecule has 0 bridgehead atoms. The van der Waals surface area contributed by atoms with Crippen LogP contribution < -0.4 is 5.32 Å². The normalized spacial score (nSPS) is 10.7. The molecule has 0 saturated carbocycles. The first kappa shape index (κ1) is 21.2. The van der Waals surface area contributed by atoms with Crippen molar-refractivity contribution in [2.75, 3.05) is 11.9 Å². The highest BCUT2D eigenvalue weighted by molar-refractivity contribution is 5.99. The van der Waals surface area contributed by atoms with Gasteiger partial charge in [0.2, 0.25) is 0 Å². The molecule has 1 heterocycles. The summed E-state index contributed by atoms with van der Waals surface area (Å²) in [7, 11) is 0. The van der Waals surface area contributed by atoms with E-state index in [0.29, 0.717) is 22.5 Å². The van der Waals surface area contributed by atoms with Crippen LogP contribution in [0.1, 0.15) is 57.1 Å². The highest BCUT2D eigenvalue weighted by atomic mass is 16.5. The van der Waals surface area contributed by atoms with Crippen molar-refractivity contribution in [2.45, 2.75) is 47.6 Å². The van der Waals surface area contributed by atoms with E-state index >= 15 is 0 Å². The van der Waals surface area contributed by atoms with Gasteiger partial charge in [-0.05, 0) is 70.4 Å². The zero-order valence-corrected chi connectivity index (χ0v) is 17.1. The Morgan fingerprint density at radius 3 is 2.32 bits per heavy atom. The summed E-state index contributed by atoms with van der Waals surface area (Å²) >= 11 is 0. The molecule has 0 radical (unpaired) electrons. The molecule has 7 heteroatoms. The van der Waals surface area contributed by atoms with Crippen molar-refractivity contribution < 1.29 is 23.9 Å². The fraction of sp³-hybridized carbons (Fsp3) is 0.381. The summed E-state index contributed by atoms with van der Waals surface area (Å²) in [6.45, 7) is 10.3. The number of carbonyl (C=O) groups is 3. The molecule has 0 atom stereocenters. The lowest BCUT2D eigenvalue weighted by Gasteiger charge is -2.09. The Bertz CT molecular complexity index is 912. The molecule has 1 aromatic carbocycles. The minimum Gasteiger partial charge on any atom is -0.459 e. The molecular formula is C21H26N2O5. The second-order valence-corrected chi connectivity index (χ2v) is 7.00. The fourth-order valence-electron chi connectivity index (χ4n) is 2.75. The quantitative estimate of drug-likeness (QED) is 0.739. The van der Waals surface area contributed by atoms with Gasteiger partial charge in [0.25, 0.3) is 5.91 Å². The van der Waals surface area contributed by atoms with Gasteiger partial charge in [0.05, 0.1) is 11.7 Å². The van der Waals surface area contributed by atoms with E-state index in [1.54, 1.807) is 33.8 Å². The Labute approximate surface area is 164 Å². The Morgan fingerprint density at radius 2 is 1.71 bits per heavy atom. The maximum absolute atomic E-state index is 12.3. The lowest BCUT2D eigenvalue weighted by atomic mass is 10.1. The first-order valence-electron chi connectivity index (χ1n) is 9.04. The summed E-state index contributed by atoms with van der Waals surface area (Å²) in [4.78, 5) is 39.4. The topological polar surface area (TPSA) is 97.5 Å². The van der Waals surface area contributed by atoms with Gasteiger partial charge < -0.3 is 19.8 Å². The number of amides is 1. The Balaban J connectivity index is 2.02. The van der Waals surface area contributed by atoms with Crippen LogP contribution in [0.25, 0.3) is 0 Å². The van der Waals surface area contributed by atoms with Gasteiger partial charge in [0, 0.05) is 11.4 Å². The van der Waals surface area contributed by atoms with Crippen LogP contribution in [0.15, 0.2) is 18.2 Å². The van der Waals surface area contributed by atoms with E-state index in [9.17, 15) is 14.4 Å². The van der Waals surface area contributed by atoms with Crippen LogP contribution in [0.5, 0.6) is 0 Å². The zero-order chi connectivity index (χ0) is 21.0. The third-order valence-electron chi connectivity index (χ3n) is 4.31. The third-order valence-corrected chi connectivity index (χ3v) is 4.31. The molecule has 2 rings (SSSR count). The Hall–Kier alpha value is -3.09. The van der Waals surface area contributed by atoms with Crippen molar-refractivity contribution in [3.8, 4) is 0 Å². The highest BCUT2D eigenvalue weighted by Crippen LogP contribution is 2.20. The van der Waals surface area contributed by atoms with Crippen molar-refractivity contribution in [3.63, 3.8) is 0 Å². The SMILES string of the molecule is Cc1ccc(NC(=O)COC(=O)c2[nH]c(C)c(C(=O)OC(C)C)c2C)cc1C. The number of rotatable bonds is 6. The van der Waals surface area contributed by atoms with Crippen LogP contribution in [0.4, 0.5) is 5.69 Å². The van der Waals surface area contributed by atoms with Gasteiger partial charge in [-0.25, -0.2) is 9.59 Å². The highest BCUT2D eigenvalue weighted by Gasteiger charge is 2.24. The first-order chi connectivity index (χ1) is 13.1. The van der Waals surface area contributed by atoms with Gasteiger partial charge in [-0.15, -0.1) is 0 Å². The molecule has 1 amide bonds. The molecule has 0 aliphatic heterocycles. The molecule has 2 N–H and O–H groups in total. The van der Waals surface area contributed by atoms with Gasteiger partial charge in [-0.1, -0.05) is 6.07 Å². The zero-order valence-electron chi connectivity index (χ0n) is 17.1. The Morgan fingerprint density at radius 1 is 1.04 bits per heavy atom. The molecule has 1 aromatic heterocycles. The molecule has 0 fully saturated rings. The fourth-order valence-corrected chi connectivity index (χ4v) is 2.75. The monoisotopic (exact) mass is 386 g/mol. The second-order valence-electron chi connectivity index (χ2n) is 7.00. The van der Waals surface area contributed by atoms with Crippen LogP contribution in [0.3, 0.4) is 0 Å². The predicted molar refractivity (Wildman–Crippen MR) is 106 cm³/mol. The van der Waals surface area contributed by atoms with E-state index in [-0.39, 0.29) is 11.8 Å². The number of hydrogen-bond acceptors (Lipinski definition) is 5. The number of benzene rings is 1. The van der Waals surface area contributed by atoms with E-state index in [1.165, 1.54) is 0 Å². The number of carbonyl (C=O) groups excluding carboxylic acids is 3. The van der Waals surface area contributed by atoms with Crippen molar-refractivity contribution in [1.82, 2.24) is 4.98 Å². The maximum atomic E-state index is 12.3. The minimum absolute atomic E-state index is 0.132. The summed E-state index contributed by atoms with van der Waals surface area (Å²) in [5, 5.41) is 2.69. The van der Waals surface area contributed by atoms with E-state index in [1.807, 2.05) is 26.0 Å². The molecule has 0 saturated heterocycles. The third kappa shape index (κ3) is 5.00. The standard InChI is InChI=1S/C21H26N2O5/c1-11(2)28-20(25)18-14(5)19(22-15(18)6)21(26)27-10-17(24)23-16-8-7-12(3)13(4)9-16/h7-9,11,22H,10H2,1-6H3,(H,23,24).